The molecule has 3 heteroatoms. The number of rotatable bonds is 8. The first-order valence-corrected chi connectivity index (χ1v) is 9.65. The van der Waals surface area contributed by atoms with Crippen molar-refractivity contribution >= 4 is 11.1 Å². The van der Waals surface area contributed by atoms with Crippen LogP contribution in [0.1, 0.15) is 30.0 Å². The Morgan fingerprint density at radius 2 is 1.43 bits per heavy atom. The summed E-state index contributed by atoms with van der Waals surface area (Å²) >= 11 is 0. The number of likely N-dealkylation sites (N-methyl/N-ethyl adjacent to an activating group) is 1. The van der Waals surface area contributed by atoms with E-state index in [0.29, 0.717) is 6.61 Å². The summed E-state index contributed by atoms with van der Waals surface area (Å²) in [5, 5.41) is 3.07. The van der Waals surface area contributed by atoms with E-state index < -0.39 is 0 Å². The Balaban J connectivity index is 2.06. The molecule has 2 nitrogen and oxygen atoms in total. The standard InChI is InChI=1S/C25H26FNO/c1-3-24(19-7-5-4-6-8-19)25(20-9-13-22(26)14-10-20)21-11-15-23(16-12-21)28-18-17-27-2/h4-16,27H,3,17-18H2,1-2H3/b25-24-. The molecule has 0 radical (unpaired) electrons. The van der Waals surface area contributed by atoms with Crippen LogP contribution in [0.5, 0.6) is 5.75 Å². The van der Waals surface area contributed by atoms with Gasteiger partial charge in [0.15, 0.2) is 0 Å². The van der Waals surface area contributed by atoms with Gasteiger partial charge in [0.1, 0.15) is 18.2 Å². The summed E-state index contributed by atoms with van der Waals surface area (Å²) in [6.45, 7) is 3.58. The van der Waals surface area contributed by atoms with Crippen LogP contribution >= 0.6 is 0 Å². The minimum atomic E-state index is -0.228. The highest BCUT2D eigenvalue weighted by atomic mass is 19.1. The predicted molar refractivity (Wildman–Crippen MR) is 115 cm³/mol. The highest BCUT2D eigenvalue weighted by molar-refractivity contribution is 5.98. The van der Waals surface area contributed by atoms with E-state index in [1.807, 2.05) is 49.5 Å². The fourth-order valence-electron chi connectivity index (χ4n) is 3.29. The van der Waals surface area contributed by atoms with Crippen molar-refractivity contribution < 1.29 is 9.13 Å². The van der Waals surface area contributed by atoms with Crippen molar-refractivity contribution in [3.8, 4) is 5.75 Å². The minimum absolute atomic E-state index is 0.228. The molecule has 0 aliphatic rings. The molecule has 1 N–H and O–H groups in total. The van der Waals surface area contributed by atoms with Crippen LogP contribution in [0, 0.1) is 5.82 Å². The largest absolute Gasteiger partial charge is 0.492 e. The van der Waals surface area contributed by atoms with Gasteiger partial charge in [-0.3, -0.25) is 0 Å². The summed E-state index contributed by atoms with van der Waals surface area (Å²) in [5.41, 5.74) is 5.63. The van der Waals surface area contributed by atoms with E-state index in [9.17, 15) is 4.39 Å². The van der Waals surface area contributed by atoms with Gasteiger partial charge in [-0.25, -0.2) is 4.39 Å². The van der Waals surface area contributed by atoms with Crippen molar-refractivity contribution in [3.63, 3.8) is 0 Å². The third-order valence-electron chi connectivity index (χ3n) is 4.67. The average Bonchev–Trinajstić information content (AvgIpc) is 2.74. The first-order chi connectivity index (χ1) is 13.7. The molecule has 0 aromatic heterocycles. The Morgan fingerprint density at radius 3 is 2.00 bits per heavy atom. The van der Waals surface area contributed by atoms with Gasteiger partial charge >= 0.3 is 0 Å². The molecule has 0 saturated heterocycles. The summed E-state index contributed by atoms with van der Waals surface area (Å²) in [5.74, 6) is 0.615. The van der Waals surface area contributed by atoms with Crippen LogP contribution in [0.15, 0.2) is 78.9 Å². The summed E-state index contributed by atoms with van der Waals surface area (Å²) in [7, 11) is 1.90. The molecule has 0 amide bonds. The lowest BCUT2D eigenvalue weighted by Gasteiger charge is -2.17. The van der Waals surface area contributed by atoms with E-state index >= 15 is 0 Å². The average molecular weight is 375 g/mol. The van der Waals surface area contributed by atoms with E-state index in [4.69, 9.17) is 4.74 Å². The topological polar surface area (TPSA) is 21.3 Å². The van der Waals surface area contributed by atoms with Crippen molar-refractivity contribution in [2.45, 2.75) is 13.3 Å². The lowest BCUT2D eigenvalue weighted by Crippen LogP contribution is -2.15. The maximum Gasteiger partial charge on any atom is 0.123 e. The molecule has 0 saturated carbocycles. The third kappa shape index (κ3) is 4.87. The van der Waals surface area contributed by atoms with Gasteiger partial charge in [-0.1, -0.05) is 61.5 Å². The summed E-state index contributed by atoms with van der Waals surface area (Å²) in [6.07, 6.45) is 0.872. The smallest absolute Gasteiger partial charge is 0.123 e. The summed E-state index contributed by atoms with van der Waals surface area (Å²) in [6, 6.07) is 25.2. The number of ether oxygens (including phenoxy) is 1. The number of hydrogen-bond acceptors (Lipinski definition) is 2. The van der Waals surface area contributed by atoms with Crippen molar-refractivity contribution in [3.05, 3.63) is 101 Å². The van der Waals surface area contributed by atoms with Gasteiger partial charge in [0, 0.05) is 6.54 Å². The SMILES string of the molecule is CC/C(=C(\c1ccc(F)cc1)c1ccc(OCCNC)cc1)c1ccccc1. The van der Waals surface area contributed by atoms with Crippen LogP contribution < -0.4 is 10.1 Å². The van der Waals surface area contributed by atoms with Crippen LogP contribution in [-0.4, -0.2) is 20.2 Å². The lowest BCUT2D eigenvalue weighted by atomic mass is 9.88. The minimum Gasteiger partial charge on any atom is -0.492 e. The number of benzene rings is 3. The van der Waals surface area contributed by atoms with E-state index in [-0.39, 0.29) is 5.82 Å². The second-order valence-electron chi connectivity index (χ2n) is 6.56. The van der Waals surface area contributed by atoms with E-state index in [1.165, 1.54) is 23.3 Å². The van der Waals surface area contributed by atoms with Crippen LogP contribution in [-0.2, 0) is 0 Å². The van der Waals surface area contributed by atoms with Gasteiger partial charge in [0.2, 0.25) is 0 Å². The fourth-order valence-corrected chi connectivity index (χ4v) is 3.29. The zero-order valence-corrected chi connectivity index (χ0v) is 16.4. The molecule has 0 aliphatic heterocycles. The molecule has 3 aromatic rings. The second-order valence-corrected chi connectivity index (χ2v) is 6.56. The Hall–Kier alpha value is -2.91. The summed E-state index contributed by atoms with van der Waals surface area (Å²) in [4.78, 5) is 0. The Labute approximate surface area is 166 Å². The van der Waals surface area contributed by atoms with Crippen LogP contribution in [0.25, 0.3) is 11.1 Å². The maximum absolute atomic E-state index is 13.5. The fraction of sp³-hybridized carbons (Fsp3) is 0.200. The highest BCUT2D eigenvalue weighted by Gasteiger charge is 2.13. The van der Waals surface area contributed by atoms with Gasteiger partial charge in [-0.05, 0) is 65.6 Å². The first kappa shape index (κ1) is 19.8. The quantitative estimate of drug-likeness (QED) is 0.397. The van der Waals surface area contributed by atoms with Crippen LogP contribution in [0.4, 0.5) is 4.39 Å². The molecule has 28 heavy (non-hydrogen) atoms. The maximum atomic E-state index is 13.5. The van der Waals surface area contributed by atoms with Crippen molar-refractivity contribution in [1.29, 1.82) is 0 Å². The molecule has 0 spiro atoms. The zero-order valence-electron chi connectivity index (χ0n) is 16.4. The number of hydrogen-bond donors (Lipinski definition) is 1. The number of halogens is 1. The molecule has 0 atom stereocenters. The van der Waals surface area contributed by atoms with E-state index in [1.54, 1.807) is 0 Å². The third-order valence-corrected chi connectivity index (χ3v) is 4.67. The molecule has 0 bridgehead atoms. The Bertz CT molecular complexity index is 900. The summed E-state index contributed by atoms with van der Waals surface area (Å²) < 4.78 is 19.3. The lowest BCUT2D eigenvalue weighted by molar-refractivity contribution is 0.318. The normalized spacial score (nSPS) is 11.8. The molecular formula is C25H26FNO. The first-order valence-electron chi connectivity index (χ1n) is 9.65. The Kier molecular flexibility index (Phi) is 6.99. The molecule has 0 fully saturated rings. The van der Waals surface area contributed by atoms with E-state index in [2.05, 4.69) is 36.5 Å². The van der Waals surface area contributed by atoms with Crippen LogP contribution in [0.2, 0.25) is 0 Å². The zero-order chi connectivity index (χ0) is 19.8. The van der Waals surface area contributed by atoms with E-state index in [0.717, 1.165) is 35.4 Å². The Morgan fingerprint density at radius 1 is 0.821 bits per heavy atom. The number of allylic oxidation sites excluding steroid dienone is 1. The molecule has 0 unspecified atom stereocenters. The van der Waals surface area contributed by atoms with Gasteiger partial charge in [-0.15, -0.1) is 0 Å². The highest BCUT2D eigenvalue weighted by Crippen LogP contribution is 2.35. The van der Waals surface area contributed by atoms with Gasteiger partial charge in [0.25, 0.3) is 0 Å². The van der Waals surface area contributed by atoms with Crippen molar-refractivity contribution in [1.82, 2.24) is 5.32 Å². The molecule has 144 valence electrons. The molecule has 3 rings (SSSR count). The number of nitrogens with one attached hydrogen (secondary N) is 1. The molecule has 0 aliphatic carbocycles. The molecular weight excluding hydrogens is 349 g/mol. The second kappa shape index (κ2) is 9.86. The van der Waals surface area contributed by atoms with Gasteiger partial charge in [-0.2, -0.15) is 0 Å². The predicted octanol–water partition coefficient (Wildman–Crippen LogP) is 5.79. The van der Waals surface area contributed by atoms with Gasteiger partial charge in [0.05, 0.1) is 0 Å². The monoisotopic (exact) mass is 375 g/mol. The van der Waals surface area contributed by atoms with Gasteiger partial charge < -0.3 is 10.1 Å². The van der Waals surface area contributed by atoms with Crippen molar-refractivity contribution in [2.24, 2.45) is 0 Å². The van der Waals surface area contributed by atoms with Crippen molar-refractivity contribution in [2.75, 3.05) is 20.2 Å². The molecule has 3 aromatic carbocycles. The van der Waals surface area contributed by atoms with Crippen LogP contribution in [0.3, 0.4) is 0 Å². The molecule has 0 heterocycles.